The van der Waals surface area contributed by atoms with Crippen molar-refractivity contribution in [2.45, 2.75) is 38.5 Å². The van der Waals surface area contributed by atoms with E-state index < -0.39 is 0 Å². The first-order valence-electron chi connectivity index (χ1n) is 8.51. The average Bonchev–Trinajstić information content (AvgIpc) is 2.59. The van der Waals surface area contributed by atoms with Gasteiger partial charge in [-0.25, -0.2) is 0 Å². The van der Waals surface area contributed by atoms with Crippen molar-refractivity contribution in [3.63, 3.8) is 0 Å². The molecule has 2 rings (SSSR count). The van der Waals surface area contributed by atoms with Gasteiger partial charge in [0.25, 0.3) is 0 Å². The minimum absolute atomic E-state index is 0.130. The van der Waals surface area contributed by atoms with Crippen LogP contribution in [0.15, 0.2) is 47.4 Å². The van der Waals surface area contributed by atoms with Gasteiger partial charge in [-0.2, -0.15) is 0 Å². The Labute approximate surface area is 165 Å². The molecule has 6 heteroatoms. The molecule has 1 amide bonds. The summed E-state index contributed by atoms with van der Waals surface area (Å²) < 4.78 is 0. The van der Waals surface area contributed by atoms with E-state index >= 15 is 0 Å². The molecule has 4 nitrogen and oxygen atoms in total. The van der Waals surface area contributed by atoms with Gasteiger partial charge in [0.15, 0.2) is 5.11 Å². The van der Waals surface area contributed by atoms with Gasteiger partial charge in [-0.15, -0.1) is 11.8 Å². The molecule has 26 heavy (non-hydrogen) atoms. The summed E-state index contributed by atoms with van der Waals surface area (Å²) in [4.78, 5) is 13.1. The minimum atomic E-state index is -0.130. The first-order chi connectivity index (χ1) is 12.3. The fourth-order valence-electron chi connectivity index (χ4n) is 2.38. The van der Waals surface area contributed by atoms with Crippen molar-refractivity contribution < 1.29 is 4.79 Å². The van der Waals surface area contributed by atoms with E-state index in [-0.39, 0.29) is 5.91 Å². The predicted octanol–water partition coefficient (Wildman–Crippen LogP) is 4.54. The Kier molecular flexibility index (Phi) is 7.48. The van der Waals surface area contributed by atoms with E-state index in [2.05, 4.69) is 68.1 Å². The zero-order valence-electron chi connectivity index (χ0n) is 15.6. The summed E-state index contributed by atoms with van der Waals surface area (Å²) in [5, 5.41) is 3.41. The SMILES string of the molecule is Cc1ccc(SCC(=O)NNC(=S)Nc2ccc(C(C)C)cc2)c(C)c1. The molecule has 0 saturated carbocycles. The number of hydrogen-bond donors (Lipinski definition) is 3. The zero-order chi connectivity index (χ0) is 19.1. The number of thioether (sulfide) groups is 1. The van der Waals surface area contributed by atoms with Gasteiger partial charge in [0.1, 0.15) is 0 Å². The number of aryl methyl sites for hydroxylation is 2. The summed E-state index contributed by atoms with van der Waals surface area (Å²) in [5.74, 6) is 0.681. The summed E-state index contributed by atoms with van der Waals surface area (Å²) in [6, 6.07) is 14.3. The number of hydrazine groups is 1. The summed E-state index contributed by atoms with van der Waals surface area (Å²) in [6.45, 7) is 8.41. The van der Waals surface area contributed by atoms with Crippen molar-refractivity contribution in [3.05, 3.63) is 59.2 Å². The van der Waals surface area contributed by atoms with Crippen LogP contribution in [0.1, 0.15) is 36.5 Å². The second kappa shape index (κ2) is 9.59. The highest BCUT2D eigenvalue weighted by atomic mass is 32.2. The van der Waals surface area contributed by atoms with E-state index in [4.69, 9.17) is 12.2 Å². The van der Waals surface area contributed by atoms with Crippen molar-refractivity contribution in [1.82, 2.24) is 10.9 Å². The van der Waals surface area contributed by atoms with Gasteiger partial charge in [0, 0.05) is 10.6 Å². The second-order valence-electron chi connectivity index (χ2n) is 6.46. The fraction of sp³-hybridized carbons (Fsp3) is 0.300. The molecule has 2 aromatic carbocycles. The van der Waals surface area contributed by atoms with Crippen LogP contribution in [0, 0.1) is 13.8 Å². The molecule has 0 atom stereocenters. The maximum absolute atomic E-state index is 12.0. The number of anilines is 1. The third-order valence-corrected chi connectivity index (χ3v) is 5.22. The van der Waals surface area contributed by atoms with Crippen molar-refractivity contribution in [2.75, 3.05) is 11.1 Å². The lowest BCUT2D eigenvalue weighted by molar-refractivity contribution is -0.119. The van der Waals surface area contributed by atoms with Crippen molar-refractivity contribution in [2.24, 2.45) is 0 Å². The lowest BCUT2D eigenvalue weighted by atomic mass is 10.0. The third kappa shape index (κ3) is 6.35. The number of amides is 1. The molecular weight excluding hydrogens is 362 g/mol. The molecule has 0 spiro atoms. The largest absolute Gasteiger partial charge is 0.331 e. The van der Waals surface area contributed by atoms with Crippen LogP contribution in [-0.2, 0) is 4.79 Å². The minimum Gasteiger partial charge on any atom is -0.331 e. The summed E-state index contributed by atoms with van der Waals surface area (Å²) in [6.07, 6.45) is 0. The number of carbonyl (C=O) groups excluding carboxylic acids is 1. The van der Waals surface area contributed by atoms with E-state index in [1.165, 1.54) is 28.5 Å². The number of hydrogen-bond acceptors (Lipinski definition) is 3. The Morgan fingerprint density at radius 2 is 1.77 bits per heavy atom. The molecule has 0 aliphatic rings. The van der Waals surface area contributed by atoms with Crippen LogP contribution < -0.4 is 16.2 Å². The van der Waals surface area contributed by atoms with Crippen LogP contribution in [0.25, 0.3) is 0 Å². The Balaban J connectivity index is 1.75. The fourth-order valence-corrected chi connectivity index (χ4v) is 3.36. The molecule has 0 unspecified atom stereocenters. The van der Waals surface area contributed by atoms with Gasteiger partial charge in [-0.1, -0.05) is 43.7 Å². The standard InChI is InChI=1S/C20H25N3OS2/c1-13(2)16-6-8-17(9-7-16)21-20(25)23-22-19(24)12-26-18-10-5-14(3)11-15(18)4/h5-11,13H,12H2,1-4H3,(H,22,24)(H2,21,23,25). The van der Waals surface area contributed by atoms with E-state index in [1.54, 1.807) is 0 Å². The molecule has 3 N–H and O–H groups in total. The van der Waals surface area contributed by atoms with Crippen LogP contribution in [0.5, 0.6) is 0 Å². The monoisotopic (exact) mass is 387 g/mol. The van der Waals surface area contributed by atoms with Crippen molar-refractivity contribution in [3.8, 4) is 0 Å². The van der Waals surface area contributed by atoms with Gasteiger partial charge in [0.05, 0.1) is 5.75 Å². The lowest BCUT2D eigenvalue weighted by Gasteiger charge is -2.13. The zero-order valence-corrected chi connectivity index (χ0v) is 17.2. The highest BCUT2D eigenvalue weighted by Crippen LogP contribution is 2.22. The average molecular weight is 388 g/mol. The molecular formula is C20H25N3OS2. The predicted molar refractivity (Wildman–Crippen MR) is 115 cm³/mol. The molecule has 0 aliphatic carbocycles. The molecule has 138 valence electrons. The van der Waals surface area contributed by atoms with E-state index in [1.807, 2.05) is 18.2 Å². The van der Waals surface area contributed by atoms with E-state index in [0.29, 0.717) is 16.8 Å². The van der Waals surface area contributed by atoms with E-state index in [9.17, 15) is 4.79 Å². The van der Waals surface area contributed by atoms with Crippen LogP contribution in [0.4, 0.5) is 5.69 Å². The molecule has 0 saturated heterocycles. The Morgan fingerprint density at radius 3 is 2.38 bits per heavy atom. The van der Waals surface area contributed by atoms with Crippen LogP contribution in [0.3, 0.4) is 0 Å². The van der Waals surface area contributed by atoms with Gasteiger partial charge >= 0.3 is 0 Å². The number of benzene rings is 2. The topological polar surface area (TPSA) is 53.2 Å². The maximum atomic E-state index is 12.0. The maximum Gasteiger partial charge on any atom is 0.248 e. The Hall–Kier alpha value is -2.05. The number of rotatable bonds is 5. The molecule has 2 aromatic rings. The number of thiocarbonyl (C=S) groups is 1. The first-order valence-corrected chi connectivity index (χ1v) is 9.90. The summed E-state index contributed by atoms with van der Waals surface area (Å²) >= 11 is 6.72. The van der Waals surface area contributed by atoms with Crippen LogP contribution in [-0.4, -0.2) is 16.8 Å². The number of nitrogens with one attached hydrogen (secondary N) is 3. The van der Waals surface area contributed by atoms with Crippen molar-refractivity contribution >= 4 is 40.7 Å². The quantitative estimate of drug-likeness (QED) is 0.400. The highest BCUT2D eigenvalue weighted by molar-refractivity contribution is 8.00. The lowest BCUT2D eigenvalue weighted by Crippen LogP contribution is -2.44. The molecule has 0 aromatic heterocycles. The van der Waals surface area contributed by atoms with Crippen LogP contribution >= 0.6 is 24.0 Å². The van der Waals surface area contributed by atoms with Gasteiger partial charge < -0.3 is 5.32 Å². The Bertz CT molecular complexity index is 773. The normalized spacial score (nSPS) is 10.5. The molecule has 0 heterocycles. The third-order valence-electron chi connectivity index (χ3n) is 3.84. The van der Waals surface area contributed by atoms with Gasteiger partial charge in [-0.3, -0.25) is 15.6 Å². The molecule has 0 fully saturated rings. The molecule has 0 aliphatic heterocycles. The van der Waals surface area contributed by atoms with Gasteiger partial charge in [-0.05, 0) is 61.3 Å². The first kappa shape index (κ1) is 20.3. The summed E-state index contributed by atoms with van der Waals surface area (Å²) in [7, 11) is 0. The van der Waals surface area contributed by atoms with Crippen LogP contribution in [0.2, 0.25) is 0 Å². The highest BCUT2D eigenvalue weighted by Gasteiger charge is 2.06. The number of carbonyl (C=O) groups is 1. The van der Waals surface area contributed by atoms with Gasteiger partial charge in [0.2, 0.25) is 5.91 Å². The van der Waals surface area contributed by atoms with Crippen molar-refractivity contribution in [1.29, 1.82) is 0 Å². The molecule has 0 radical (unpaired) electrons. The summed E-state index contributed by atoms with van der Waals surface area (Å²) in [5.41, 5.74) is 9.90. The second-order valence-corrected chi connectivity index (χ2v) is 7.89. The van der Waals surface area contributed by atoms with E-state index in [0.717, 1.165) is 10.6 Å². The Morgan fingerprint density at radius 1 is 1.08 bits per heavy atom. The smallest absolute Gasteiger partial charge is 0.248 e. The molecule has 0 bridgehead atoms.